The second-order valence-electron chi connectivity index (χ2n) is 23.7. The van der Waals surface area contributed by atoms with Gasteiger partial charge >= 0.3 is 0 Å². The number of halogens is 1. The average molecular weight is 996 g/mol. The van der Waals surface area contributed by atoms with Crippen LogP contribution in [0.4, 0.5) is 0 Å². The molecule has 0 aromatic rings. The Hall–Kier alpha value is 1.18. The third-order valence-corrected chi connectivity index (χ3v) is 29.7. The van der Waals surface area contributed by atoms with E-state index in [1.54, 1.807) is 0 Å². The summed E-state index contributed by atoms with van der Waals surface area (Å²) >= 11 is 2.51. The van der Waals surface area contributed by atoms with Crippen molar-refractivity contribution in [1.29, 1.82) is 0 Å². The average Bonchev–Trinajstić information content (AvgIpc) is 3.76. The number of alkyl halides is 1. The Balaban J connectivity index is 2.17. The molecule has 0 radical (unpaired) electrons. The molecule has 0 aromatic carbocycles. The first kappa shape index (κ1) is 56.3. The summed E-state index contributed by atoms with van der Waals surface area (Å²) in [6.45, 7) is 38.1. The molecule has 2 rings (SSSR count). The van der Waals surface area contributed by atoms with Crippen molar-refractivity contribution in [2.75, 3.05) is 4.43 Å². The number of unbranched alkanes of at least 4 members (excludes halogenated alkanes) is 16. The predicted octanol–water partition coefficient (Wildman–Crippen LogP) is 17.1. The third-order valence-electron chi connectivity index (χ3n) is 15.4. The lowest BCUT2D eigenvalue weighted by Crippen LogP contribution is -2.49. The molecule has 2 saturated heterocycles. The monoisotopic (exact) mass is 995 g/mol. The molecule has 2 heterocycles. The lowest BCUT2D eigenvalue weighted by Gasteiger charge is -2.41. The van der Waals surface area contributed by atoms with Gasteiger partial charge in [0.25, 0.3) is 0 Å². The zero-order chi connectivity index (χ0) is 44.5. The van der Waals surface area contributed by atoms with Gasteiger partial charge in [0.1, 0.15) is 6.10 Å². The van der Waals surface area contributed by atoms with Crippen LogP contribution in [0.5, 0.6) is 0 Å². The Bertz CT molecular complexity index is 1110. The van der Waals surface area contributed by atoms with E-state index in [0.29, 0.717) is 0 Å². The molecule has 59 heavy (non-hydrogen) atoms. The summed E-state index contributed by atoms with van der Waals surface area (Å²) in [6.07, 6.45) is 30.0. The Kier molecular flexibility index (Phi) is 25.2. The zero-order valence-corrected chi connectivity index (χ0v) is 47.6. The minimum Gasteiger partial charge on any atom is -0.411 e. The molecule has 0 amide bonds. The Morgan fingerprint density at radius 1 is 0.508 bits per heavy atom. The van der Waals surface area contributed by atoms with Gasteiger partial charge in [0.2, 0.25) is 0 Å². The van der Waals surface area contributed by atoms with Crippen molar-refractivity contribution in [2.24, 2.45) is 0 Å². The second kappa shape index (κ2) is 26.4. The molecular weight excluding hydrogens is 892 g/mol. The standard InChI is InChI=1S/C50H103IO5Si3/c1-17-18-19-20-21-22-23-24-25-26-27-28-29-30-32-36-43(55-58(13,14)49(5,6)7)45-40-46(56-59(15,16)50(8,9)10)47(53-45)44-38-37-41(52-44)42(35-33-31-34-39-51)54-57(11,12)48(2,3)4/h41-47H,17-40H2,1-16H3/t41-,42+,43-,44-,45-,46+,47+/m0/s1. The quantitative estimate of drug-likeness (QED) is 0.0311. The van der Waals surface area contributed by atoms with Crippen LogP contribution in [0.25, 0.3) is 0 Å². The van der Waals surface area contributed by atoms with Crippen LogP contribution in [-0.4, -0.2) is 72.1 Å². The molecule has 0 aromatic heterocycles. The van der Waals surface area contributed by atoms with Gasteiger partial charge in [-0.1, -0.05) is 201 Å². The maximum absolute atomic E-state index is 7.39. The van der Waals surface area contributed by atoms with E-state index in [1.807, 2.05) is 0 Å². The van der Waals surface area contributed by atoms with Gasteiger partial charge in [-0.3, -0.25) is 0 Å². The number of hydrogen-bond acceptors (Lipinski definition) is 5. The maximum atomic E-state index is 7.39. The van der Waals surface area contributed by atoms with Gasteiger partial charge in [-0.05, 0) is 90.9 Å². The van der Waals surface area contributed by atoms with E-state index in [2.05, 4.69) is 131 Å². The van der Waals surface area contributed by atoms with Crippen LogP contribution in [0.3, 0.4) is 0 Å². The molecule has 352 valence electrons. The van der Waals surface area contributed by atoms with Crippen LogP contribution in [0.15, 0.2) is 0 Å². The minimum atomic E-state index is -2.07. The molecule has 2 aliphatic rings. The first-order chi connectivity index (χ1) is 27.4. The molecular formula is C50H103IO5Si3. The zero-order valence-electron chi connectivity index (χ0n) is 42.4. The van der Waals surface area contributed by atoms with Crippen LogP contribution >= 0.6 is 22.6 Å². The fraction of sp³-hybridized carbons (Fsp3) is 1.00. The molecule has 0 saturated carbocycles. The first-order valence-corrected chi connectivity index (χ1v) is 35.5. The van der Waals surface area contributed by atoms with Crippen LogP contribution < -0.4 is 0 Å². The van der Waals surface area contributed by atoms with Gasteiger partial charge in [0.05, 0.1) is 36.6 Å². The highest BCUT2D eigenvalue weighted by Crippen LogP contribution is 2.46. The normalized spacial score (nSPS) is 23.6. The third kappa shape index (κ3) is 19.7. The highest BCUT2D eigenvalue weighted by Gasteiger charge is 2.52. The summed E-state index contributed by atoms with van der Waals surface area (Å²) in [5.41, 5.74) is 0. The topological polar surface area (TPSA) is 46.2 Å². The van der Waals surface area contributed by atoms with Crippen molar-refractivity contribution < 1.29 is 22.8 Å². The molecule has 0 bridgehead atoms. The lowest BCUT2D eigenvalue weighted by molar-refractivity contribution is -0.120. The maximum Gasteiger partial charge on any atom is 0.192 e. The number of rotatable bonds is 30. The van der Waals surface area contributed by atoms with E-state index in [9.17, 15) is 0 Å². The molecule has 7 atom stereocenters. The highest BCUT2D eigenvalue weighted by atomic mass is 127. The smallest absolute Gasteiger partial charge is 0.192 e. The van der Waals surface area contributed by atoms with E-state index in [-0.39, 0.29) is 57.8 Å². The van der Waals surface area contributed by atoms with Gasteiger partial charge in [0, 0.05) is 6.42 Å². The summed E-state index contributed by atoms with van der Waals surface area (Å²) in [6, 6.07) is 0. The predicted molar refractivity (Wildman–Crippen MR) is 274 cm³/mol. The molecule has 0 spiro atoms. The minimum absolute atomic E-state index is 0.0268. The van der Waals surface area contributed by atoms with E-state index in [4.69, 9.17) is 22.8 Å². The molecule has 9 heteroatoms. The second-order valence-corrected chi connectivity index (χ2v) is 39.0. The fourth-order valence-electron chi connectivity index (χ4n) is 8.23. The van der Waals surface area contributed by atoms with Crippen molar-refractivity contribution in [3.8, 4) is 0 Å². The van der Waals surface area contributed by atoms with Crippen LogP contribution in [0.1, 0.15) is 217 Å². The van der Waals surface area contributed by atoms with Gasteiger partial charge in [-0.15, -0.1) is 0 Å². The van der Waals surface area contributed by atoms with E-state index < -0.39 is 25.0 Å². The van der Waals surface area contributed by atoms with Crippen LogP contribution in [-0.2, 0) is 22.8 Å². The fourth-order valence-corrected chi connectivity index (χ4v) is 12.9. The highest BCUT2D eigenvalue weighted by molar-refractivity contribution is 14.1. The molecule has 0 N–H and O–H groups in total. The Morgan fingerprint density at radius 2 is 0.898 bits per heavy atom. The first-order valence-electron chi connectivity index (χ1n) is 25.3. The molecule has 2 aliphatic heterocycles. The molecule has 5 nitrogen and oxygen atoms in total. The molecule has 0 aliphatic carbocycles. The van der Waals surface area contributed by atoms with Gasteiger partial charge in [0.15, 0.2) is 25.0 Å². The van der Waals surface area contributed by atoms with Crippen molar-refractivity contribution in [2.45, 2.75) is 314 Å². The number of ether oxygens (including phenoxy) is 2. The van der Waals surface area contributed by atoms with Crippen molar-refractivity contribution in [3.05, 3.63) is 0 Å². The van der Waals surface area contributed by atoms with Gasteiger partial charge in [-0.25, -0.2) is 0 Å². The summed E-state index contributed by atoms with van der Waals surface area (Å²) in [4.78, 5) is 0. The SMILES string of the molecule is CCCCCCCCCCCCCCCCC[C@H](O[Si](C)(C)C(C)(C)C)[C@@H]1C[C@@H](O[Si](C)(C)C(C)(C)C)[C@@H]([C@@H]2CC[C@@H]([C@@H](CCCCCI)O[Si](C)(C)C(C)(C)C)O2)O1. The van der Waals surface area contributed by atoms with Gasteiger partial charge < -0.3 is 22.8 Å². The Morgan fingerprint density at radius 3 is 1.31 bits per heavy atom. The number of hydrogen-bond donors (Lipinski definition) is 0. The summed E-state index contributed by atoms with van der Waals surface area (Å²) in [5, 5.41) is 0.438. The van der Waals surface area contributed by atoms with Crippen molar-refractivity contribution >= 4 is 47.5 Å². The summed E-state index contributed by atoms with van der Waals surface area (Å²) in [7, 11) is -6.08. The Labute approximate surface area is 386 Å². The van der Waals surface area contributed by atoms with Gasteiger partial charge in [-0.2, -0.15) is 0 Å². The van der Waals surface area contributed by atoms with Crippen LogP contribution in [0, 0.1) is 0 Å². The van der Waals surface area contributed by atoms with E-state index in [0.717, 1.165) is 32.1 Å². The van der Waals surface area contributed by atoms with Crippen molar-refractivity contribution in [1.82, 2.24) is 0 Å². The lowest BCUT2D eigenvalue weighted by atomic mass is 9.99. The van der Waals surface area contributed by atoms with E-state index >= 15 is 0 Å². The van der Waals surface area contributed by atoms with E-state index in [1.165, 1.54) is 120 Å². The molecule has 0 unspecified atom stereocenters. The summed E-state index contributed by atoms with van der Waals surface area (Å²) < 4.78 is 37.8. The molecule has 2 fully saturated rings. The summed E-state index contributed by atoms with van der Waals surface area (Å²) in [5.74, 6) is 0. The van der Waals surface area contributed by atoms with Crippen molar-refractivity contribution in [3.63, 3.8) is 0 Å². The largest absolute Gasteiger partial charge is 0.411 e. The van der Waals surface area contributed by atoms with Crippen LogP contribution in [0.2, 0.25) is 54.4 Å².